The highest BCUT2D eigenvalue weighted by atomic mass is 32.2. The molecule has 0 saturated heterocycles. The lowest BCUT2D eigenvalue weighted by Crippen LogP contribution is -2.42. The molecule has 0 saturated carbocycles. The van der Waals surface area contributed by atoms with Crippen LogP contribution in [0.15, 0.2) is 40.9 Å². The van der Waals surface area contributed by atoms with Crippen molar-refractivity contribution >= 4 is 22.8 Å². The smallest absolute Gasteiger partial charge is 0.279 e. The van der Waals surface area contributed by atoms with Crippen LogP contribution in [-0.4, -0.2) is 41.6 Å². The molecule has 0 radical (unpaired) electrons. The summed E-state index contributed by atoms with van der Waals surface area (Å²) in [7, 11) is 0. The predicted octanol–water partition coefficient (Wildman–Crippen LogP) is 2.67. The summed E-state index contributed by atoms with van der Waals surface area (Å²) >= 11 is 1.31. The van der Waals surface area contributed by atoms with Gasteiger partial charge in [-0.25, -0.2) is 33.1 Å². The first-order valence-corrected chi connectivity index (χ1v) is 10.2. The summed E-state index contributed by atoms with van der Waals surface area (Å²) in [6.07, 6.45) is 4.97. The Hall–Kier alpha value is -2.59. The molecule has 0 aromatic carbocycles. The molecule has 1 atom stereocenters. The van der Waals surface area contributed by atoms with Gasteiger partial charge in [0.15, 0.2) is 22.2 Å². The van der Waals surface area contributed by atoms with Gasteiger partial charge in [-0.1, -0.05) is 23.9 Å². The first kappa shape index (κ1) is 19.7. The van der Waals surface area contributed by atoms with Crippen molar-refractivity contribution in [3.63, 3.8) is 0 Å². The van der Waals surface area contributed by atoms with Crippen LogP contribution >= 0.6 is 11.8 Å². The highest BCUT2D eigenvalue weighted by Crippen LogP contribution is 2.46. The van der Waals surface area contributed by atoms with Gasteiger partial charge < -0.3 is 5.11 Å². The maximum absolute atomic E-state index is 14.2. The number of halogens is 2. The molecule has 1 aliphatic carbocycles. The minimum absolute atomic E-state index is 0.0684. The quantitative estimate of drug-likeness (QED) is 0.389. The van der Waals surface area contributed by atoms with Crippen molar-refractivity contribution in [3.05, 3.63) is 52.6 Å². The number of rotatable bonds is 5. The Morgan fingerprint density at radius 2 is 2.17 bits per heavy atom. The molecule has 3 aromatic rings. The van der Waals surface area contributed by atoms with E-state index in [9.17, 15) is 18.7 Å². The second-order valence-corrected chi connectivity index (χ2v) is 7.78. The average Bonchev–Trinajstić information content (AvgIpc) is 3.17. The molecule has 0 amide bonds. The van der Waals surface area contributed by atoms with Crippen LogP contribution in [-0.2, 0) is 18.6 Å². The van der Waals surface area contributed by atoms with Gasteiger partial charge in [-0.2, -0.15) is 0 Å². The standard InChI is InChI=1S/C19H19F2N5O2S/c1-4-9-25-16(27)12-10-22-17(29-3)24-15(12)26(25)13-6-5-11-7-8-19(28,14(11)23-13)18(2,20)21/h4-6,10,28H,1,7-9H2,2-3H3. The number of aromatic nitrogens is 5. The van der Waals surface area contributed by atoms with E-state index >= 15 is 0 Å². The lowest BCUT2D eigenvalue weighted by atomic mass is 9.94. The van der Waals surface area contributed by atoms with Crippen molar-refractivity contribution in [2.45, 2.75) is 43.0 Å². The summed E-state index contributed by atoms with van der Waals surface area (Å²) in [5.74, 6) is -3.15. The van der Waals surface area contributed by atoms with Crippen molar-refractivity contribution in [1.29, 1.82) is 0 Å². The number of pyridine rings is 1. The second-order valence-electron chi connectivity index (χ2n) is 7.01. The summed E-state index contributed by atoms with van der Waals surface area (Å²) in [5.41, 5.74) is -1.89. The monoisotopic (exact) mass is 419 g/mol. The molecule has 0 aliphatic heterocycles. The van der Waals surface area contributed by atoms with E-state index in [0.717, 1.165) is 0 Å². The van der Waals surface area contributed by atoms with Crippen LogP contribution in [0.5, 0.6) is 0 Å². The first-order valence-electron chi connectivity index (χ1n) is 8.95. The Labute approximate surface area is 169 Å². The number of aliphatic hydroxyl groups is 1. The third kappa shape index (κ3) is 2.89. The molecular formula is C19H19F2N5O2S. The Kier molecular flexibility index (Phi) is 4.58. The van der Waals surface area contributed by atoms with Gasteiger partial charge in [0.1, 0.15) is 5.39 Å². The van der Waals surface area contributed by atoms with E-state index in [0.29, 0.717) is 29.7 Å². The number of allylic oxidation sites excluding steroid dienone is 1. The Morgan fingerprint density at radius 1 is 1.41 bits per heavy atom. The molecule has 0 fully saturated rings. The Morgan fingerprint density at radius 3 is 2.83 bits per heavy atom. The van der Waals surface area contributed by atoms with E-state index in [1.807, 2.05) is 0 Å². The zero-order valence-electron chi connectivity index (χ0n) is 15.9. The highest BCUT2D eigenvalue weighted by molar-refractivity contribution is 7.98. The van der Waals surface area contributed by atoms with Gasteiger partial charge >= 0.3 is 0 Å². The van der Waals surface area contributed by atoms with E-state index < -0.39 is 11.5 Å². The topological polar surface area (TPSA) is 85.8 Å². The molecular weight excluding hydrogens is 400 g/mol. The molecule has 3 heterocycles. The number of thioether (sulfide) groups is 1. The molecule has 7 nitrogen and oxygen atoms in total. The lowest BCUT2D eigenvalue weighted by molar-refractivity contribution is -0.176. The van der Waals surface area contributed by atoms with Crippen LogP contribution in [0.25, 0.3) is 16.9 Å². The Bertz CT molecular complexity index is 1180. The van der Waals surface area contributed by atoms with E-state index in [1.54, 1.807) is 24.5 Å². The number of nitrogens with zero attached hydrogens (tertiary/aromatic N) is 5. The SMILES string of the molecule is C=CCn1c(=O)c2cnc(SC)nc2n1-c1ccc2c(n1)C(O)(C(C)(F)F)CC2. The summed E-state index contributed by atoms with van der Waals surface area (Å²) in [4.78, 5) is 25.8. The second kappa shape index (κ2) is 6.74. The third-order valence-electron chi connectivity index (χ3n) is 5.19. The molecule has 1 N–H and O–H groups in total. The van der Waals surface area contributed by atoms with E-state index in [1.165, 1.54) is 27.3 Å². The minimum atomic E-state index is -3.36. The fraction of sp³-hybridized carbons (Fsp3) is 0.368. The normalized spacial score (nSPS) is 18.9. The summed E-state index contributed by atoms with van der Waals surface area (Å²) < 4.78 is 31.2. The van der Waals surface area contributed by atoms with Gasteiger partial charge in [-0.05, 0) is 30.7 Å². The van der Waals surface area contributed by atoms with Gasteiger partial charge in [0.05, 0.1) is 12.2 Å². The lowest BCUT2D eigenvalue weighted by Gasteiger charge is -2.29. The molecule has 0 spiro atoms. The molecule has 0 bridgehead atoms. The molecule has 29 heavy (non-hydrogen) atoms. The van der Waals surface area contributed by atoms with E-state index in [-0.39, 0.29) is 35.4 Å². The van der Waals surface area contributed by atoms with Gasteiger partial charge in [0.25, 0.3) is 11.5 Å². The highest BCUT2D eigenvalue weighted by Gasteiger charge is 2.54. The zero-order chi connectivity index (χ0) is 21.0. The van der Waals surface area contributed by atoms with Crippen molar-refractivity contribution in [3.8, 4) is 5.82 Å². The van der Waals surface area contributed by atoms with E-state index in [4.69, 9.17) is 0 Å². The number of hydrogen-bond donors (Lipinski definition) is 1. The number of hydrogen-bond acceptors (Lipinski definition) is 6. The van der Waals surface area contributed by atoms with Crippen molar-refractivity contribution in [1.82, 2.24) is 24.3 Å². The molecule has 152 valence electrons. The number of aryl methyl sites for hydroxylation is 1. The fourth-order valence-corrected chi connectivity index (χ4v) is 3.98. The van der Waals surface area contributed by atoms with Crippen LogP contribution in [0.4, 0.5) is 8.78 Å². The van der Waals surface area contributed by atoms with Crippen molar-refractivity contribution < 1.29 is 13.9 Å². The summed E-state index contributed by atoms with van der Waals surface area (Å²) in [5, 5.41) is 11.4. The number of alkyl halides is 2. The van der Waals surface area contributed by atoms with Crippen LogP contribution in [0, 0.1) is 0 Å². The van der Waals surface area contributed by atoms with Crippen LogP contribution in [0.3, 0.4) is 0 Å². The Balaban J connectivity index is 2.01. The van der Waals surface area contributed by atoms with Gasteiger partial charge in [0, 0.05) is 13.1 Å². The fourth-order valence-electron chi connectivity index (χ4n) is 3.65. The predicted molar refractivity (Wildman–Crippen MR) is 106 cm³/mol. The maximum atomic E-state index is 14.2. The maximum Gasteiger partial charge on any atom is 0.279 e. The van der Waals surface area contributed by atoms with Crippen molar-refractivity contribution in [2.75, 3.05) is 6.26 Å². The third-order valence-corrected chi connectivity index (χ3v) is 5.76. The minimum Gasteiger partial charge on any atom is -0.377 e. The molecule has 4 rings (SSSR count). The summed E-state index contributed by atoms with van der Waals surface area (Å²) in [6.45, 7) is 4.53. The zero-order valence-corrected chi connectivity index (χ0v) is 16.7. The molecule has 1 unspecified atom stereocenters. The van der Waals surface area contributed by atoms with Crippen molar-refractivity contribution in [2.24, 2.45) is 0 Å². The van der Waals surface area contributed by atoms with Crippen LogP contribution in [0.2, 0.25) is 0 Å². The van der Waals surface area contributed by atoms with Gasteiger partial charge in [0.2, 0.25) is 0 Å². The average molecular weight is 419 g/mol. The van der Waals surface area contributed by atoms with Gasteiger partial charge in [-0.3, -0.25) is 4.79 Å². The van der Waals surface area contributed by atoms with Crippen LogP contribution < -0.4 is 5.56 Å². The number of fused-ring (bicyclic) bond motifs is 2. The molecule has 1 aliphatic rings. The molecule has 3 aromatic heterocycles. The van der Waals surface area contributed by atoms with Gasteiger partial charge in [-0.15, -0.1) is 6.58 Å². The summed E-state index contributed by atoms with van der Waals surface area (Å²) in [6, 6.07) is 3.30. The van der Waals surface area contributed by atoms with E-state index in [2.05, 4.69) is 21.5 Å². The molecule has 10 heteroatoms. The van der Waals surface area contributed by atoms with Crippen LogP contribution in [0.1, 0.15) is 24.6 Å². The largest absolute Gasteiger partial charge is 0.377 e. The first-order chi connectivity index (χ1) is 13.7.